The molecule has 1 saturated carbocycles. The highest BCUT2D eigenvalue weighted by Crippen LogP contribution is 2.36. The molecule has 4 rings (SSSR count). The van der Waals surface area contributed by atoms with Crippen molar-refractivity contribution < 1.29 is 8.95 Å². The molecule has 154 valence electrons. The first-order valence-corrected chi connectivity index (χ1v) is 11.3. The van der Waals surface area contributed by atoms with Crippen LogP contribution in [0.4, 0.5) is 0 Å². The molecule has 29 heavy (non-hydrogen) atoms. The average Bonchev–Trinajstić information content (AvgIpc) is 3.16. The minimum absolute atomic E-state index is 0.282. The van der Waals surface area contributed by atoms with E-state index in [1.54, 1.807) is 0 Å². The molecule has 1 aliphatic carbocycles. The Morgan fingerprint density at radius 1 is 1.28 bits per heavy atom. The molecule has 1 unspecified atom stereocenters. The molecule has 1 atom stereocenters. The molecule has 0 bridgehead atoms. The predicted octanol–water partition coefficient (Wildman–Crippen LogP) is 2.78. The average molecular weight is 414 g/mol. The lowest BCUT2D eigenvalue weighted by molar-refractivity contribution is 0.0745. The van der Waals surface area contributed by atoms with Crippen LogP contribution in [0.15, 0.2) is 24.3 Å². The Morgan fingerprint density at radius 2 is 2.03 bits per heavy atom. The monoisotopic (exact) mass is 413 g/mol. The Hall–Kier alpha value is -2.05. The van der Waals surface area contributed by atoms with Crippen molar-refractivity contribution in [1.29, 1.82) is 5.26 Å². The van der Waals surface area contributed by atoms with Crippen molar-refractivity contribution in [3.05, 3.63) is 41.1 Å². The lowest BCUT2D eigenvalue weighted by Gasteiger charge is -2.31. The number of aromatic amines is 1. The number of nitrogens with zero attached hydrogens (tertiary/aromatic N) is 3. The summed E-state index contributed by atoms with van der Waals surface area (Å²) in [6, 6.07) is 10.1. The van der Waals surface area contributed by atoms with Crippen molar-refractivity contribution in [3.8, 4) is 17.3 Å². The van der Waals surface area contributed by atoms with Gasteiger partial charge in [0.25, 0.3) is 0 Å². The maximum Gasteiger partial charge on any atom is 0.170 e. The topological polar surface area (TPSA) is 94.0 Å². The smallest absolute Gasteiger partial charge is 0.170 e. The summed E-state index contributed by atoms with van der Waals surface area (Å²) in [5, 5.41) is 16.9. The van der Waals surface area contributed by atoms with Crippen molar-refractivity contribution >= 4 is 11.2 Å². The molecule has 2 heterocycles. The van der Waals surface area contributed by atoms with Gasteiger partial charge >= 0.3 is 0 Å². The van der Waals surface area contributed by atoms with E-state index in [1.807, 2.05) is 28.6 Å². The van der Waals surface area contributed by atoms with E-state index in [9.17, 15) is 4.21 Å². The maximum atomic E-state index is 12.5. The zero-order valence-electron chi connectivity index (χ0n) is 16.7. The van der Waals surface area contributed by atoms with Crippen molar-refractivity contribution in [2.75, 3.05) is 26.3 Å². The van der Waals surface area contributed by atoms with Crippen LogP contribution in [-0.4, -0.2) is 51.1 Å². The molecule has 1 aromatic heterocycles. The molecule has 1 saturated heterocycles. The van der Waals surface area contributed by atoms with Gasteiger partial charge in [-0.2, -0.15) is 10.4 Å². The van der Waals surface area contributed by atoms with Gasteiger partial charge < -0.3 is 4.74 Å². The summed E-state index contributed by atoms with van der Waals surface area (Å²) in [5.41, 5.74) is 4.89. The molecule has 0 spiro atoms. The first kappa shape index (κ1) is 20.2. The molecule has 2 aromatic rings. The summed E-state index contributed by atoms with van der Waals surface area (Å²) >= 11 is -1.13. The molecule has 2 N–H and O–H groups in total. The van der Waals surface area contributed by atoms with Gasteiger partial charge in [-0.15, -0.1) is 0 Å². The molecule has 0 radical (unpaired) electrons. The van der Waals surface area contributed by atoms with Crippen LogP contribution in [0.3, 0.4) is 0 Å². The Balaban J connectivity index is 1.37. The molecule has 0 amide bonds. The first-order valence-electron chi connectivity index (χ1n) is 10.2. The van der Waals surface area contributed by atoms with Crippen molar-refractivity contribution in [1.82, 2.24) is 19.2 Å². The highest BCUT2D eigenvalue weighted by molar-refractivity contribution is 7.80. The number of hydrogen-bond donors (Lipinski definition) is 2. The third kappa shape index (κ3) is 4.59. The lowest BCUT2D eigenvalue weighted by atomic mass is 9.83. The van der Waals surface area contributed by atoms with Crippen molar-refractivity contribution in [3.63, 3.8) is 0 Å². The molecule has 2 aliphatic rings. The standard InChI is InChI=1S/C21H27N5O2S/c1-15-20(23-24-21(15)18-4-2-3-16(13-18)14-22)17-5-7-19(8-6-17)25-29(27)26-9-11-28-12-10-26/h2-4,13,17,19,25H,5-12H2,1H3,(H,23,24). The van der Waals surface area contributed by atoms with Gasteiger partial charge in [-0.3, -0.25) is 5.10 Å². The molecule has 8 heteroatoms. The van der Waals surface area contributed by atoms with E-state index in [0.29, 0.717) is 24.7 Å². The SMILES string of the molecule is Cc1c(-c2cccc(C#N)c2)n[nH]c1C1CCC(NS(=O)N2CCOCC2)CC1. The summed E-state index contributed by atoms with van der Waals surface area (Å²) in [6.07, 6.45) is 4.08. The van der Waals surface area contributed by atoms with Gasteiger partial charge in [0, 0.05) is 36.3 Å². The summed E-state index contributed by atoms with van der Waals surface area (Å²) in [7, 11) is 0. The molecular formula is C21H27N5O2S. The van der Waals surface area contributed by atoms with Gasteiger partial charge in [-0.1, -0.05) is 12.1 Å². The third-order valence-corrected chi connectivity index (χ3v) is 7.29. The Bertz CT molecular complexity index is 908. The van der Waals surface area contributed by atoms with E-state index in [0.717, 1.165) is 55.6 Å². The highest BCUT2D eigenvalue weighted by atomic mass is 32.2. The molecule has 1 aliphatic heterocycles. The first-order chi connectivity index (χ1) is 14.2. The molecule has 7 nitrogen and oxygen atoms in total. The molecular weight excluding hydrogens is 386 g/mol. The molecule has 1 aromatic carbocycles. The van der Waals surface area contributed by atoms with E-state index in [1.165, 1.54) is 5.69 Å². The van der Waals surface area contributed by atoms with Crippen LogP contribution in [0.1, 0.15) is 48.4 Å². The fourth-order valence-corrected chi connectivity index (χ4v) is 5.41. The minimum Gasteiger partial charge on any atom is -0.379 e. The lowest BCUT2D eigenvalue weighted by Crippen LogP contribution is -2.46. The molecule has 2 fully saturated rings. The van der Waals surface area contributed by atoms with Crippen molar-refractivity contribution in [2.45, 2.75) is 44.6 Å². The number of hydrogen-bond acceptors (Lipinski definition) is 4. The maximum absolute atomic E-state index is 12.5. The zero-order chi connectivity index (χ0) is 20.2. The van der Waals surface area contributed by atoms with Crippen LogP contribution in [-0.2, 0) is 15.9 Å². The fraction of sp³-hybridized carbons (Fsp3) is 0.524. The number of benzene rings is 1. The second-order valence-electron chi connectivity index (χ2n) is 7.76. The number of H-pyrrole nitrogens is 1. The zero-order valence-corrected chi connectivity index (χ0v) is 17.5. The Morgan fingerprint density at radius 3 is 2.76 bits per heavy atom. The van der Waals surface area contributed by atoms with Gasteiger partial charge in [0.2, 0.25) is 0 Å². The van der Waals surface area contributed by atoms with Crippen LogP contribution in [0.2, 0.25) is 0 Å². The second kappa shape index (κ2) is 9.18. The number of nitrogens with one attached hydrogen (secondary N) is 2. The van der Waals surface area contributed by atoms with Gasteiger partial charge in [0.05, 0.1) is 30.5 Å². The van der Waals surface area contributed by atoms with E-state index in [2.05, 4.69) is 27.9 Å². The summed E-state index contributed by atoms with van der Waals surface area (Å²) in [6.45, 7) is 4.85. The summed E-state index contributed by atoms with van der Waals surface area (Å²) in [4.78, 5) is 0. The van der Waals surface area contributed by atoms with E-state index < -0.39 is 11.2 Å². The largest absolute Gasteiger partial charge is 0.379 e. The van der Waals surface area contributed by atoms with Crippen molar-refractivity contribution in [2.24, 2.45) is 0 Å². The van der Waals surface area contributed by atoms with E-state index >= 15 is 0 Å². The van der Waals surface area contributed by atoms with Gasteiger partial charge in [-0.25, -0.2) is 13.2 Å². The summed E-state index contributed by atoms with van der Waals surface area (Å²) < 4.78 is 23.1. The van der Waals surface area contributed by atoms with Gasteiger partial charge in [0.1, 0.15) is 0 Å². The normalized spacial score (nSPS) is 24.1. The summed E-state index contributed by atoms with van der Waals surface area (Å²) in [5.74, 6) is 0.435. The Labute approximate surface area is 174 Å². The van der Waals surface area contributed by atoms with Crippen LogP contribution >= 0.6 is 0 Å². The minimum atomic E-state index is -1.13. The quantitative estimate of drug-likeness (QED) is 0.788. The highest BCUT2D eigenvalue weighted by Gasteiger charge is 2.28. The Kier molecular flexibility index (Phi) is 6.40. The van der Waals surface area contributed by atoms with E-state index in [-0.39, 0.29) is 6.04 Å². The predicted molar refractivity (Wildman–Crippen MR) is 112 cm³/mol. The van der Waals surface area contributed by atoms with Crippen LogP contribution in [0, 0.1) is 18.3 Å². The number of aromatic nitrogens is 2. The number of rotatable bonds is 5. The fourth-order valence-electron chi connectivity index (χ4n) is 4.26. The third-order valence-electron chi connectivity index (χ3n) is 5.92. The van der Waals surface area contributed by atoms with E-state index in [4.69, 9.17) is 10.00 Å². The second-order valence-corrected chi connectivity index (χ2v) is 9.01. The number of nitriles is 1. The van der Waals surface area contributed by atoms with Crippen LogP contribution in [0.25, 0.3) is 11.3 Å². The van der Waals surface area contributed by atoms with Gasteiger partial charge in [0.15, 0.2) is 11.2 Å². The van der Waals surface area contributed by atoms with Crippen LogP contribution in [0.5, 0.6) is 0 Å². The number of morpholine rings is 1. The van der Waals surface area contributed by atoms with Crippen LogP contribution < -0.4 is 4.72 Å². The number of ether oxygens (including phenoxy) is 1. The van der Waals surface area contributed by atoms with Gasteiger partial charge in [-0.05, 0) is 50.3 Å².